The summed E-state index contributed by atoms with van der Waals surface area (Å²) in [7, 11) is 5.50. The van der Waals surface area contributed by atoms with Gasteiger partial charge in [-0.05, 0) is 19.5 Å². The lowest BCUT2D eigenvalue weighted by molar-refractivity contribution is 0.287. The molecule has 0 aliphatic heterocycles. The van der Waals surface area contributed by atoms with Gasteiger partial charge in [-0.15, -0.1) is 0 Å². The van der Waals surface area contributed by atoms with Crippen molar-refractivity contribution in [2.24, 2.45) is 0 Å². The maximum atomic E-state index is 5.52. The molecule has 0 aromatic carbocycles. The first-order valence-corrected chi connectivity index (χ1v) is 6.14. The average Bonchev–Trinajstić information content (AvgIpc) is 2.36. The molecule has 0 fully saturated rings. The van der Waals surface area contributed by atoms with Crippen molar-refractivity contribution < 1.29 is 8.92 Å². The SMILES string of the molecule is CNc1ccc(OCCCN(C)SOC)nc1.S. The predicted molar refractivity (Wildman–Crippen MR) is 81.5 cm³/mol. The Morgan fingerprint density at radius 1 is 1.44 bits per heavy atom. The minimum absolute atomic E-state index is 0. The minimum atomic E-state index is 0. The Morgan fingerprint density at radius 2 is 2.22 bits per heavy atom. The van der Waals surface area contributed by atoms with Crippen LogP contribution in [0.4, 0.5) is 5.69 Å². The second-order valence-corrected chi connectivity index (χ2v) is 4.54. The molecule has 18 heavy (non-hydrogen) atoms. The molecule has 0 spiro atoms. The van der Waals surface area contributed by atoms with Crippen LogP contribution in [0.2, 0.25) is 0 Å². The quantitative estimate of drug-likeness (QED) is 0.450. The smallest absolute Gasteiger partial charge is 0.213 e. The maximum absolute atomic E-state index is 5.52. The molecule has 1 heterocycles. The highest BCUT2D eigenvalue weighted by atomic mass is 32.2. The molecular weight excluding hydrogens is 270 g/mol. The van der Waals surface area contributed by atoms with Gasteiger partial charge in [-0.1, -0.05) is 0 Å². The molecule has 5 nitrogen and oxygen atoms in total. The van der Waals surface area contributed by atoms with Crippen LogP contribution in [0.3, 0.4) is 0 Å². The average molecular weight is 291 g/mol. The largest absolute Gasteiger partial charge is 0.478 e. The zero-order chi connectivity index (χ0) is 12.5. The lowest BCUT2D eigenvalue weighted by Gasteiger charge is -2.12. The Bertz CT molecular complexity index is 312. The summed E-state index contributed by atoms with van der Waals surface area (Å²) in [5.41, 5.74) is 0.980. The summed E-state index contributed by atoms with van der Waals surface area (Å²) in [5, 5.41) is 3.01. The highest BCUT2D eigenvalue weighted by Crippen LogP contribution is 2.11. The van der Waals surface area contributed by atoms with E-state index >= 15 is 0 Å². The van der Waals surface area contributed by atoms with Crippen LogP contribution in [-0.2, 0) is 4.18 Å². The van der Waals surface area contributed by atoms with Crippen molar-refractivity contribution in [2.45, 2.75) is 6.42 Å². The number of nitrogens with zero attached hydrogens (tertiary/aromatic N) is 2. The number of aromatic nitrogens is 1. The van der Waals surface area contributed by atoms with Crippen molar-refractivity contribution in [1.82, 2.24) is 9.29 Å². The van der Waals surface area contributed by atoms with Crippen LogP contribution in [0.25, 0.3) is 0 Å². The van der Waals surface area contributed by atoms with Gasteiger partial charge in [-0.3, -0.25) is 0 Å². The first-order chi connectivity index (χ1) is 8.26. The van der Waals surface area contributed by atoms with Crippen molar-refractivity contribution in [2.75, 3.05) is 39.7 Å². The number of hydrogen-bond donors (Lipinski definition) is 1. The molecule has 0 saturated heterocycles. The number of anilines is 1. The molecular formula is C11H21N3O2S2. The van der Waals surface area contributed by atoms with E-state index in [1.807, 2.05) is 30.5 Å². The number of pyridine rings is 1. The number of ether oxygens (including phenoxy) is 1. The van der Waals surface area contributed by atoms with Gasteiger partial charge in [-0.2, -0.15) is 13.5 Å². The molecule has 1 rings (SSSR count). The van der Waals surface area contributed by atoms with E-state index in [-0.39, 0.29) is 13.5 Å². The standard InChI is InChI=1S/C11H19N3O2S.H2S/c1-12-10-5-6-11(13-9-10)16-8-4-7-14(2)17-15-3;/h5-6,9,12H,4,7-8H2,1-3H3;1H2. The van der Waals surface area contributed by atoms with E-state index in [0.29, 0.717) is 12.5 Å². The number of hydrogen-bond acceptors (Lipinski definition) is 6. The van der Waals surface area contributed by atoms with Crippen molar-refractivity contribution in [1.29, 1.82) is 0 Å². The highest BCUT2D eigenvalue weighted by Gasteiger charge is 1.99. The summed E-state index contributed by atoms with van der Waals surface area (Å²) in [6.45, 7) is 1.56. The van der Waals surface area contributed by atoms with E-state index in [9.17, 15) is 0 Å². The monoisotopic (exact) mass is 291 g/mol. The second kappa shape index (κ2) is 10.3. The zero-order valence-electron chi connectivity index (χ0n) is 11.0. The molecule has 0 amide bonds. The van der Waals surface area contributed by atoms with Gasteiger partial charge >= 0.3 is 0 Å². The van der Waals surface area contributed by atoms with Crippen LogP contribution in [0.5, 0.6) is 5.88 Å². The van der Waals surface area contributed by atoms with E-state index < -0.39 is 0 Å². The van der Waals surface area contributed by atoms with Gasteiger partial charge in [0, 0.05) is 19.7 Å². The lowest BCUT2D eigenvalue weighted by atomic mass is 10.4. The third-order valence-electron chi connectivity index (χ3n) is 2.09. The van der Waals surface area contributed by atoms with Gasteiger partial charge < -0.3 is 14.2 Å². The summed E-state index contributed by atoms with van der Waals surface area (Å²) >= 11 is 1.34. The summed E-state index contributed by atoms with van der Waals surface area (Å²) in [4.78, 5) is 4.17. The highest BCUT2D eigenvalue weighted by molar-refractivity contribution is 7.92. The Kier molecular flexibility index (Phi) is 9.95. The van der Waals surface area contributed by atoms with E-state index in [1.165, 1.54) is 12.2 Å². The predicted octanol–water partition coefficient (Wildman–Crippen LogP) is 2.15. The summed E-state index contributed by atoms with van der Waals surface area (Å²) in [6.07, 6.45) is 2.69. The van der Waals surface area contributed by atoms with E-state index in [4.69, 9.17) is 8.92 Å². The van der Waals surface area contributed by atoms with Crippen LogP contribution in [0, 0.1) is 0 Å². The molecule has 1 N–H and O–H groups in total. The van der Waals surface area contributed by atoms with Crippen LogP contribution >= 0.6 is 25.7 Å². The van der Waals surface area contributed by atoms with Crippen LogP contribution in [-0.4, -0.2) is 43.6 Å². The van der Waals surface area contributed by atoms with Gasteiger partial charge in [0.2, 0.25) is 5.88 Å². The van der Waals surface area contributed by atoms with Gasteiger partial charge in [0.25, 0.3) is 0 Å². The van der Waals surface area contributed by atoms with E-state index in [2.05, 4.69) is 10.3 Å². The Morgan fingerprint density at radius 3 is 2.78 bits per heavy atom. The molecule has 104 valence electrons. The summed E-state index contributed by atoms with van der Waals surface area (Å²) in [6, 6.07) is 3.80. The van der Waals surface area contributed by atoms with Crippen LogP contribution in [0.1, 0.15) is 6.42 Å². The van der Waals surface area contributed by atoms with Crippen LogP contribution in [0.15, 0.2) is 18.3 Å². The third-order valence-corrected chi connectivity index (χ3v) is 2.68. The van der Waals surface area contributed by atoms with Crippen molar-refractivity contribution in [3.8, 4) is 5.88 Å². The molecule has 0 radical (unpaired) electrons. The van der Waals surface area contributed by atoms with Gasteiger partial charge in [0.05, 0.1) is 37.8 Å². The fourth-order valence-corrected chi connectivity index (χ4v) is 1.70. The molecule has 0 atom stereocenters. The molecule has 7 heteroatoms. The van der Waals surface area contributed by atoms with Crippen molar-refractivity contribution in [3.05, 3.63) is 18.3 Å². The van der Waals surface area contributed by atoms with Crippen molar-refractivity contribution >= 4 is 31.4 Å². The second-order valence-electron chi connectivity index (χ2n) is 3.43. The van der Waals surface area contributed by atoms with Gasteiger partial charge in [0.15, 0.2) is 0 Å². The van der Waals surface area contributed by atoms with Gasteiger partial charge in [-0.25, -0.2) is 9.29 Å². The topological polar surface area (TPSA) is 46.6 Å². The zero-order valence-corrected chi connectivity index (χ0v) is 12.8. The Labute approximate surface area is 120 Å². The Balaban J connectivity index is 0.00000289. The summed E-state index contributed by atoms with van der Waals surface area (Å²) in [5.74, 6) is 0.658. The normalized spacial score (nSPS) is 10.0. The van der Waals surface area contributed by atoms with Gasteiger partial charge in [0.1, 0.15) is 0 Å². The number of rotatable bonds is 8. The van der Waals surface area contributed by atoms with E-state index in [1.54, 1.807) is 13.3 Å². The molecule has 0 bridgehead atoms. The summed E-state index contributed by atoms with van der Waals surface area (Å²) < 4.78 is 12.5. The van der Waals surface area contributed by atoms with Crippen LogP contribution < -0.4 is 10.1 Å². The molecule has 0 unspecified atom stereocenters. The molecule has 0 aliphatic carbocycles. The molecule has 1 aromatic heterocycles. The van der Waals surface area contributed by atoms with E-state index in [0.717, 1.165) is 18.7 Å². The molecule has 0 aliphatic rings. The Hall–Kier alpha value is -0.630. The first kappa shape index (κ1) is 17.4. The molecule has 1 aromatic rings. The fraction of sp³-hybridized carbons (Fsp3) is 0.545. The van der Waals surface area contributed by atoms with Crippen molar-refractivity contribution in [3.63, 3.8) is 0 Å². The lowest BCUT2D eigenvalue weighted by Crippen LogP contribution is -2.14. The fourth-order valence-electron chi connectivity index (χ4n) is 1.24. The maximum Gasteiger partial charge on any atom is 0.213 e. The number of nitrogens with one attached hydrogen (secondary N) is 1. The third kappa shape index (κ3) is 6.95. The first-order valence-electron chi connectivity index (χ1n) is 5.44. The minimum Gasteiger partial charge on any atom is -0.478 e. The molecule has 0 saturated carbocycles.